The smallest absolute Gasteiger partial charge is 0.314 e. The molecule has 92 valence electrons. The van der Waals surface area contributed by atoms with E-state index in [1.807, 2.05) is 24.3 Å². The molecule has 17 heavy (non-hydrogen) atoms. The van der Waals surface area contributed by atoms with Crippen LogP contribution in [0.5, 0.6) is 5.75 Å². The van der Waals surface area contributed by atoms with Crippen molar-refractivity contribution in [3.05, 3.63) is 29.8 Å². The van der Waals surface area contributed by atoms with E-state index in [4.69, 9.17) is 4.74 Å². The predicted molar refractivity (Wildman–Crippen MR) is 65.3 cm³/mol. The second-order valence-electron chi connectivity index (χ2n) is 5.12. The van der Waals surface area contributed by atoms with Gasteiger partial charge in [0.05, 0.1) is 12.0 Å². The number of carboxylic acid groups (broad SMARTS) is 1. The van der Waals surface area contributed by atoms with Crippen LogP contribution in [0.1, 0.15) is 32.3 Å². The minimum atomic E-state index is -0.714. The average Bonchev–Trinajstić information content (AvgIpc) is 3.08. The average molecular weight is 234 g/mol. The zero-order valence-corrected chi connectivity index (χ0v) is 10.3. The van der Waals surface area contributed by atoms with Crippen molar-refractivity contribution in [2.45, 2.75) is 32.1 Å². The summed E-state index contributed by atoms with van der Waals surface area (Å²) in [4.78, 5) is 11.2. The highest BCUT2D eigenvalue weighted by Crippen LogP contribution is 2.48. The topological polar surface area (TPSA) is 46.5 Å². The molecular formula is C14H18O3. The van der Waals surface area contributed by atoms with Crippen LogP contribution in [-0.2, 0) is 10.2 Å². The van der Waals surface area contributed by atoms with Gasteiger partial charge in [-0.15, -0.1) is 0 Å². The molecule has 0 bridgehead atoms. The van der Waals surface area contributed by atoms with Crippen LogP contribution >= 0.6 is 0 Å². The van der Waals surface area contributed by atoms with Gasteiger partial charge >= 0.3 is 5.97 Å². The molecule has 1 N–H and O–H groups in total. The third-order valence-corrected chi connectivity index (χ3v) is 3.15. The van der Waals surface area contributed by atoms with E-state index in [0.29, 0.717) is 12.5 Å². The highest BCUT2D eigenvalue weighted by molar-refractivity contribution is 5.84. The van der Waals surface area contributed by atoms with Gasteiger partial charge in [0.15, 0.2) is 0 Å². The Hall–Kier alpha value is -1.51. The van der Waals surface area contributed by atoms with Crippen LogP contribution in [0, 0.1) is 5.92 Å². The van der Waals surface area contributed by atoms with E-state index in [-0.39, 0.29) is 0 Å². The second-order valence-corrected chi connectivity index (χ2v) is 5.12. The first-order valence-electron chi connectivity index (χ1n) is 6.01. The standard InChI is InChI=1S/C14H18O3/c1-10(2)9-17-12-5-3-11(4-6-12)14(7-8-14)13(15)16/h3-6,10H,7-9H2,1-2H3,(H,15,16). The van der Waals surface area contributed by atoms with Gasteiger partial charge < -0.3 is 9.84 Å². The second kappa shape index (κ2) is 4.40. The summed E-state index contributed by atoms with van der Waals surface area (Å²) in [7, 11) is 0. The van der Waals surface area contributed by atoms with E-state index in [1.54, 1.807) is 0 Å². The van der Waals surface area contributed by atoms with Crippen molar-refractivity contribution in [1.82, 2.24) is 0 Å². The van der Waals surface area contributed by atoms with Crippen molar-refractivity contribution in [2.24, 2.45) is 5.92 Å². The molecule has 0 heterocycles. The van der Waals surface area contributed by atoms with Gasteiger partial charge in [-0.3, -0.25) is 4.79 Å². The lowest BCUT2D eigenvalue weighted by atomic mass is 9.96. The molecule has 3 nitrogen and oxygen atoms in total. The molecule has 3 heteroatoms. The molecule has 0 amide bonds. The van der Waals surface area contributed by atoms with Gasteiger partial charge in [-0.25, -0.2) is 0 Å². The fraction of sp³-hybridized carbons (Fsp3) is 0.500. The Kier molecular flexibility index (Phi) is 3.09. The van der Waals surface area contributed by atoms with E-state index < -0.39 is 11.4 Å². The molecule has 1 fully saturated rings. The molecule has 0 radical (unpaired) electrons. The summed E-state index contributed by atoms with van der Waals surface area (Å²) in [5.74, 6) is 0.584. The summed E-state index contributed by atoms with van der Waals surface area (Å²) in [6.07, 6.45) is 1.49. The van der Waals surface area contributed by atoms with Crippen LogP contribution < -0.4 is 4.74 Å². The maximum atomic E-state index is 11.2. The largest absolute Gasteiger partial charge is 0.493 e. The lowest BCUT2D eigenvalue weighted by molar-refractivity contribution is -0.140. The zero-order valence-electron chi connectivity index (χ0n) is 10.3. The number of hydrogen-bond acceptors (Lipinski definition) is 2. The van der Waals surface area contributed by atoms with Gasteiger partial charge in [0, 0.05) is 0 Å². The molecule has 0 aliphatic heterocycles. The van der Waals surface area contributed by atoms with E-state index in [9.17, 15) is 9.90 Å². The highest BCUT2D eigenvalue weighted by Gasteiger charge is 2.51. The first-order chi connectivity index (χ1) is 8.04. The van der Waals surface area contributed by atoms with Gasteiger partial charge in [-0.1, -0.05) is 26.0 Å². The van der Waals surface area contributed by atoms with Crippen molar-refractivity contribution in [1.29, 1.82) is 0 Å². The summed E-state index contributed by atoms with van der Waals surface area (Å²) in [6, 6.07) is 7.47. The zero-order chi connectivity index (χ0) is 12.5. The van der Waals surface area contributed by atoms with Crippen molar-refractivity contribution >= 4 is 5.97 Å². The lowest BCUT2D eigenvalue weighted by Crippen LogP contribution is -2.19. The molecule has 1 aliphatic rings. The molecule has 0 unspecified atom stereocenters. The number of rotatable bonds is 5. The molecule has 1 saturated carbocycles. The SMILES string of the molecule is CC(C)COc1ccc(C2(C(=O)O)CC2)cc1. The number of carboxylic acids is 1. The Balaban J connectivity index is 2.06. The lowest BCUT2D eigenvalue weighted by Gasteiger charge is -2.12. The van der Waals surface area contributed by atoms with E-state index in [2.05, 4.69) is 13.8 Å². The number of carbonyl (C=O) groups is 1. The molecule has 1 aromatic rings. The quantitative estimate of drug-likeness (QED) is 0.852. The summed E-state index contributed by atoms with van der Waals surface area (Å²) >= 11 is 0. The Morgan fingerprint density at radius 3 is 2.35 bits per heavy atom. The molecule has 1 aromatic carbocycles. The molecular weight excluding hydrogens is 216 g/mol. The molecule has 0 spiro atoms. The predicted octanol–water partition coefficient (Wildman–Crippen LogP) is 2.84. The fourth-order valence-electron chi connectivity index (χ4n) is 1.88. The van der Waals surface area contributed by atoms with Crippen molar-refractivity contribution in [3.8, 4) is 5.75 Å². The Labute approximate surface area is 101 Å². The van der Waals surface area contributed by atoms with Gasteiger partial charge in [0.2, 0.25) is 0 Å². The molecule has 0 atom stereocenters. The van der Waals surface area contributed by atoms with Gasteiger partial charge in [0.1, 0.15) is 5.75 Å². The third-order valence-electron chi connectivity index (χ3n) is 3.15. The molecule has 0 aromatic heterocycles. The van der Waals surface area contributed by atoms with Crippen LogP contribution in [0.25, 0.3) is 0 Å². The van der Waals surface area contributed by atoms with Gasteiger partial charge in [-0.2, -0.15) is 0 Å². The van der Waals surface area contributed by atoms with Crippen LogP contribution in [0.2, 0.25) is 0 Å². The van der Waals surface area contributed by atoms with Crippen LogP contribution in [0.4, 0.5) is 0 Å². The number of benzene rings is 1. The first kappa shape index (κ1) is 12.0. The van der Waals surface area contributed by atoms with Gasteiger partial charge in [0.25, 0.3) is 0 Å². The summed E-state index contributed by atoms with van der Waals surface area (Å²) in [5, 5.41) is 9.17. The van der Waals surface area contributed by atoms with E-state index in [1.165, 1.54) is 0 Å². The summed E-state index contributed by atoms with van der Waals surface area (Å²) in [6.45, 7) is 4.87. The van der Waals surface area contributed by atoms with E-state index in [0.717, 1.165) is 24.2 Å². The summed E-state index contributed by atoms with van der Waals surface area (Å²) < 4.78 is 5.57. The number of aliphatic carboxylic acids is 1. The minimum Gasteiger partial charge on any atom is -0.493 e. The molecule has 0 saturated heterocycles. The molecule has 1 aliphatic carbocycles. The highest BCUT2D eigenvalue weighted by atomic mass is 16.5. The van der Waals surface area contributed by atoms with Crippen LogP contribution in [-0.4, -0.2) is 17.7 Å². The monoisotopic (exact) mass is 234 g/mol. The van der Waals surface area contributed by atoms with E-state index >= 15 is 0 Å². The maximum Gasteiger partial charge on any atom is 0.314 e. The fourth-order valence-corrected chi connectivity index (χ4v) is 1.88. The third kappa shape index (κ3) is 2.43. The first-order valence-corrected chi connectivity index (χ1v) is 6.01. The normalized spacial score (nSPS) is 16.9. The van der Waals surface area contributed by atoms with Crippen molar-refractivity contribution in [3.63, 3.8) is 0 Å². The minimum absolute atomic E-state index is 0.489. The Morgan fingerprint density at radius 2 is 1.94 bits per heavy atom. The van der Waals surface area contributed by atoms with Crippen molar-refractivity contribution in [2.75, 3.05) is 6.61 Å². The van der Waals surface area contributed by atoms with Crippen LogP contribution in [0.3, 0.4) is 0 Å². The molecule has 2 rings (SSSR count). The number of hydrogen-bond donors (Lipinski definition) is 1. The maximum absolute atomic E-state index is 11.2. The van der Waals surface area contributed by atoms with Crippen LogP contribution in [0.15, 0.2) is 24.3 Å². The van der Waals surface area contributed by atoms with Crippen molar-refractivity contribution < 1.29 is 14.6 Å². The number of ether oxygens (including phenoxy) is 1. The van der Waals surface area contributed by atoms with Gasteiger partial charge in [-0.05, 0) is 36.5 Å². The Bertz CT molecular complexity index is 402. The summed E-state index contributed by atoms with van der Waals surface area (Å²) in [5.41, 5.74) is 0.276. The Morgan fingerprint density at radius 1 is 1.35 bits per heavy atom.